The summed E-state index contributed by atoms with van der Waals surface area (Å²) in [5, 5.41) is 0. The highest BCUT2D eigenvalue weighted by atomic mass is 19.4. The van der Waals surface area contributed by atoms with E-state index in [1.54, 1.807) is 0 Å². The van der Waals surface area contributed by atoms with E-state index in [4.69, 9.17) is 0 Å². The van der Waals surface area contributed by atoms with Crippen LogP contribution in [0.25, 0.3) is 0 Å². The first kappa shape index (κ1) is 7.02. The summed E-state index contributed by atoms with van der Waals surface area (Å²) in [7, 11) is 0. The Labute approximate surface area is 54.8 Å². The Morgan fingerprint density at radius 2 is 2.20 bits per heavy atom. The lowest BCUT2D eigenvalue weighted by molar-refractivity contribution is -0.0924. The molecule has 1 aliphatic heterocycles. The smallest absolute Gasteiger partial charge is 0.220 e. The number of hydrogen-bond donors (Lipinski definition) is 0. The summed E-state index contributed by atoms with van der Waals surface area (Å²) in [6.07, 6.45) is -3.57. The molecule has 0 saturated heterocycles. The van der Waals surface area contributed by atoms with Gasteiger partial charge in [-0.05, 0) is 0 Å². The molecule has 0 aromatic heterocycles. The second-order valence-corrected chi connectivity index (χ2v) is 1.70. The maximum Gasteiger partial charge on any atom is 0.416 e. The third-order valence-electron chi connectivity index (χ3n) is 0.962. The zero-order valence-electron chi connectivity index (χ0n) is 4.81. The zero-order valence-corrected chi connectivity index (χ0v) is 4.81. The molecule has 0 amide bonds. The van der Waals surface area contributed by atoms with E-state index in [2.05, 4.69) is 16.0 Å². The molecule has 5 heteroatoms. The van der Waals surface area contributed by atoms with E-state index >= 15 is 0 Å². The zero-order chi connectivity index (χ0) is 7.61. The molecule has 0 aromatic rings. The maximum atomic E-state index is 11.7. The Bertz CT molecular complexity index is 220. The van der Waals surface area contributed by atoms with Crippen molar-refractivity contribution < 1.29 is 13.2 Å². The molecule has 0 aromatic carbocycles. The molecule has 0 aliphatic carbocycles. The van der Waals surface area contributed by atoms with E-state index in [1.807, 2.05) is 0 Å². The van der Waals surface area contributed by atoms with Crippen LogP contribution in [-0.2, 0) is 0 Å². The number of rotatable bonds is 0. The second kappa shape index (κ2) is 2.27. The molecular weight excluding hydrogens is 145 g/mol. The SMILES string of the molecule is FC(F)(F)C1=CN=C=NC1. The second-order valence-electron chi connectivity index (χ2n) is 1.70. The lowest BCUT2D eigenvalue weighted by atomic mass is 10.3. The Morgan fingerprint density at radius 1 is 1.50 bits per heavy atom. The first-order valence-corrected chi connectivity index (χ1v) is 2.48. The highest BCUT2D eigenvalue weighted by Crippen LogP contribution is 2.26. The fraction of sp³-hybridized carbons (Fsp3) is 0.400. The summed E-state index contributed by atoms with van der Waals surface area (Å²) in [4.78, 5) is 6.35. The van der Waals surface area contributed by atoms with Crippen molar-refractivity contribution in [2.45, 2.75) is 6.18 Å². The van der Waals surface area contributed by atoms with Gasteiger partial charge in [-0.25, -0.2) is 4.99 Å². The van der Waals surface area contributed by atoms with Gasteiger partial charge in [-0.3, -0.25) is 0 Å². The van der Waals surface area contributed by atoms with Gasteiger partial charge in [0, 0.05) is 6.20 Å². The molecule has 10 heavy (non-hydrogen) atoms. The minimum atomic E-state index is -4.30. The minimum Gasteiger partial charge on any atom is -0.220 e. The van der Waals surface area contributed by atoms with Crippen LogP contribution in [0.5, 0.6) is 0 Å². The molecule has 0 fully saturated rings. The molecule has 1 rings (SSSR count). The molecule has 54 valence electrons. The molecule has 0 atom stereocenters. The van der Waals surface area contributed by atoms with E-state index in [-0.39, 0.29) is 6.54 Å². The molecule has 0 N–H and O–H groups in total. The van der Waals surface area contributed by atoms with Crippen molar-refractivity contribution >= 4 is 6.01 Å². The number of alkyl halides is 3. The van der Waals surface area contributed by atoms with E-state index < -0.39 is 11.7 Å². The summed E-state index contributed by atoms with van der Waals surface area (Å²) in [5.74, 6) is 0. The summed E-state index contributed by atoms with van der Waals surface area (Å²) in [5.41, 5.74) is -0.730. The standard InChI is InChI=1S/C5H3F3N2/c6-5(7,8)4-1-9-3-10-2-4/h1H,2H2. The summed E-state index contributed by atoms with van der Waals surface area (Å²) >= 11 is 0. The average molecular weight is 148 g/mol. The largest absolute Gasteiger partial charge is 0.416 e. The molecule has 0 bridgehead atoms. The third-order valence-corrected chi connectivity index (χ3v) is 0.962. The van der Waals surface area contributed by atoms with Gasteiger partial charge in [-0.2, -0.15) is 18.2 Å². The van der Waals surface area contributed by atoms with Crippen molar-refractivity contribution in [2.24, 2.45) is 9.98 Å². The number of halogens is 3. The normalized spacial score (nSPS) is 17.3. The number of aliphatic imine (C=N–C) groups is 2. The van der Waals surface area contributed by atoms with Gasteiger partial charge in [0.15, 0.2) is 0 Å². The van der Waals surface area contributed by atoms with E-state index in [9.17, 15) is 13.2 Å². The van der Waals surface area contributed by atoms with Crippen molar-refractivity contribution in [1.82, 2.24) is 0 Å². The van der Waals surface area contributed by atoms with E-state index in [1.165, 1.54) is 0 Å². The van der Waals surface area contributed by atoms with E-state index in [0.717, 1.165) is 6.20 Å². The molecule has 0 spiro atoms. The number of hydrogen-bond acceptors (Lipinski definition) is 2. The molecule has 1 aliphatic rings. The topological polar surface area (TPSA) is 24.7 Å². The predicted octanol–water partition coefficient (Wildman–Crippen LogP) is 1.62. The fourth-order valence-electron chi connectivity index (χ4n) is 0.472. The average Bonchev–Trinajstić information content (AvgIpc) is 1.88. The van der Waals surface area contributed by atoms with Crippen LogP contribution in [0, 0.1) is 0 Å². The molecule has 2 nitrogen and oxygen atoms in total. The van der Waals surface area contributed by atoms with Gasteiger partial charge in [-0.15, -0.1) is 0 Å². The van der Waals surface area contributed by atoms with Crippen LogP contribution in [-0.4, -0.2) is 18.7 Å². The number of nitrogens with zero attached hydrogens (tertiary/aromatic N) is 2. The van der Waals surface area contributed by atoms with Crippen molar-refractivity contribution in [3.05, 3.63) is 11.8 Å². The van der Waals surface area contributed by atoms with Crippen LogP contribution in [0.1, 0.15) is 0 Å². The van der Waals surface area contributed by atoms with Crippen LogP contribution in [0.2, 0.25) is 0 Å². The molecular formula is C5H3F3N2. The molecule has 1 heterocycles. The monoisotopic (exact) mass is 148 g/mol. The summed E-state index contributed by atoms with van der Waals surface area (Å²) < 4.78 is 35.2. The predicted molar refractivity (Wildman–Crippen MR) is 28.9 cm³/mol. The highest BCUT2D eigenvalue weighted by Gasteiger charge is 2.33. The Morgan fingerprint density at radius 3 is 2.50 bits per heavy atom. The Hall–Kier alpha value is -1.09. The molecule has 0 radical (unpaired) electrons. The van der Waals surface area contributed by atoms with Gasteiger partial charge >= 0.3 is 6.18 Å². The van der Waals surface area contributed by atoms with E-state index in [0.29, 0.717) is 0 Å². The fourth-order valence-corrected chi connectivity index (χ4v) is 0.472. The van der Waals surface area contributed by atoms with Crippen LogP contribution in [0.15, 0.2) is 21.8 Å². The van der Waals surface area contributed by atoms with Crippen LogP contribution in [0.4, 0.5) is 13.2 Å². The highest BCUT2D eigenvalue weighted by molar-refractivity contribution is 5.45. The summed E-state index contributed by atoms with van der Waals surface area (Å²) in [6.45, 7) is -0.368. The van der Waals surface area contributed by atoms with Crippen LogP contribution < -0.4 is 0 Å². The van der Waals surface area contributed by atoms with Gasteiger partial charge in [-0.1, -0.05) is 0 Å². The lowest BCUT2D eigenvalue weighted by Gasteiger charge is -2.07. The van der Waals surface area contributed by atoms with Gasteiger partial charge in [0.1, 0.15) is 0 Å². The Balaban J connectivity index is 2.79. The quantitative estimate of drug-likeness (QED) is 0.498. The van der Waals surface area contributed by atoms with Gasteiger partial charge in [0.25, 0.3) is 0 Å². The first-order valence-electron chi connectivity index (χ1n) is 2.48. The molecule has 0 saturated carbocycles. The van der Waals surface area contributed by atoms with Crippen molar-refractivity contribution in [1.29, 1.82) is 0 Å². The van der Waals surface area contributed by atoms with Crippen LogP contribution in [0.3, 0.4) is 0 Å². The Kier molecular flexibility index (Phi) is 1.59. The minimum absolute atomic E-state index is 0.368. The molecule has 0 unspecified atom stereocenters. The van der Waals surface area contributed by atoms with Gasteiger partial charge in [0.2, 0.25) is 0 Å². The first-order chi connectivity index (χ1) is 4.61. The summed E-state index contributed by atoms with van der Waals surface area (Å²) in [6, 6.07) is 2.06. The third kappa shape index (κ3) is 1.45. The lowest BCUT2D eigenvalue weighted by Crippen LogP contribution is -2.14. The van der Waals surface area contributed by atoms with Crippen molar-refractivity contribution in [3.63, 3.8) is 0 Å². The van der Waals surface area contributed by atoms with Crippen LogP contribution >= 0.6 is 0 Å². The van der Waals surface area contributed by atoms with Crippen molar-refractivity contribution in [3.8, 4) is 0 Å². The van der Waals surface area contributed by atoms with Gasteiger partial charge in [0.05, 0.1) is 18.1 Å². The maximum absolute atomic E-state index is 11.7. The van der Waals surface area contributed by atoms with Gasteiger partial charge < -0.3 is 0 Å². The van der Waals surface area contributed by atoms with Crippen molar-refractivity contribution in [2.75, 3.05) is 6.54 Å².